The van der Waals surface area contributed by atoms with Gasteiger partial charge >= 0.3 is 0 Å². The maximum Gasteiger partial charge on any atom is 0.270 e. The van der Waals surface area contributed by atoms with Crippen LogP contribution in [0.2, 0.25) is 0 Å². The normalized spacial score (nSPS) is 10.8. The molecule has 0 spiro atoms. The molecule has 2 aromatic rings. The van der Waals surface area contributed by atoms with Crippen LogP contribution < -0.4 is 5.56 Å². The van der Waals surface area contributed by atoms with E-state index in [9.17, 15) is 4.79 Å². The predicted molar refractivity (Wildman–Crippen MR) is 74.9 cm³/mol. The van der Waals surface area contributed by atoms with E-state index in [2.05, 4.69) is 31.1 Å². The topological polar surface area (TPSA) is 37.8 Å². The molecule has 96 valence electrons. The number of hydrogen-bond donors (Lipinski definition) is 1. The van der Waals surface area contributed by atoms with Gasteiger partial charge in [0, 0.05) is 17.7 Å². The van der Waals surface area contributed by atoms with E-state index >= 15 is 0 Å². The fourth-order valence-corrected chi connectivity index (χ4v) is 2.17. The van der Waals surface area contributed by atoms with Gasteiger partial charge in [-0.3, -0.25) is 14.6 Å². The lowest BCUT2D eigenvalue weighted by Crippen LogP contribution is -2.17. The number of hydrogen-bond acceptors (Lipinski definition) is 1. The van der Waals surface area contributed by atoms with Crippen LogP contribution >= 0.6 is 0 Å². The predicted octanol–water partition coefficient (Wildman–Crippen LogP) is 3.26. The number of aryl methyl sites for hydroxylation is 2. The summed E-state index contributed by atoms with van der Waals surface area (Å²) in [5.74, 6) is 0. The van der Waals surface area contributed by atoms with Crippen LogP contribution in [-0.2, 0) is 6.54 Å². The van der Waals surface area contributed by atoms with Crippen molar-refractivity contribution in [3.63, 3.8) is 0 Å². The molecule has 0 amide bonds. The maximum absolute atomic E-state index is 12.1. The Balaban J connectivity index is 2.47. The van der Waals surface area contributed by atoms with Gasteiger partial charge in [0.2, 0.25) is 0 Å². The van der Waals surface area contributed by atoms with E-state index in [0.29, 0.717) is 0 Å². The van der Waals surface area contributed by atoms with Gasteiger partial charge in [-0.15, -0.1) is 0 Å². The average Bonchev–Trinajstić information content (AvgIpc) is 2.65. The Kier molecular flexibility index (Phi) is 3.70. The molecule has 0 atom stereocenters. The Labute approximate surface area is 107 Å². The number of nitrogens with one attached hydrogen (secondary N) is 1. The van der Waals surface area contributed by atoms with Gasteiger partial charge in [0.15, 0.2) is 0 Å². The van der Waals surface area contributed by atoms with Crippen molar-refractivity contribution >= 4 is 0 Å². The van der Waals surface area contributed by atoms with Crippen molar-refractivity contribution in [3.8, 4) is 11.3 Å². The number of rotatable bonds is 4. The third-order valence-corrected chi connectivity index (χ3v) is 3.34. The van der Waals surface area contributed by atoms with Crippen LogP contribution in [0.25, 0.3) is 11.3 Å². The SMILES string of the molecule is CCCCn1[nH]c(-c2ccccc2C)c(C)c1=O. The van der Waals surface area contributed by atoms with Crippen molar-refractivity contribution < 1.29 is 0 Å². The molecule has 2 rings (SSSR count). The molecule has 0 aliphatic carbocycles. The summed E-state index contributed by atoms with van der Waals surface area (Å²) < 4.78 is 1.72. The molecule has 1 aromatic carbocycles. The minimum Gasteiger partial charge on any atom is -0.295 e. The largest absolute Gasteiger partial charge is 0.295 e. The summed E-state index contributed by atoms with van der Waals surface area (Å²) in [6.45, 7) is 6.85. The van der Waals surface area contributed by atoms with E-state index in [1.165, 1.54) is 5.56 Å². The minimum absolute atomic E-state index is 0.0988. The number of unbranched alkanes of at least 4 members (excludes halogenated alkanes) is 1. The summed E-state index contributed by atoms with van der Waals surface area (Å²) in [6, 6.07) is 8.14. The molecule has 1 aromatic heterocycles. The van der Waals surface area contributed by atoms with Gasteiger partial charge < -0.3 is 0 Å². The molecule has 1 N–H and O–H groups in total. The third-order valence-electron chi connectivity index (χ3n) is 3.34. The lowest BCUT2D eigenvalue weighted by molar-refractivity contribution is 0.558. The fourth-order valence-electron chi connectivity index (χ4n) is 2.17. The van der Waals surface area contributed by atoms with E-state index in [-0.39, 0.29) is 5.56 Å². The number of aromatic nitrogens is 2. The molecule has 0 saturated carbocycles. The molecule has 3 heteroatoms. The van der Waals surface area contributed by atoms with Crippen molar-refractivity contribution in [1.82, 2.24) is 9.78 Å². The van der Waals surface area contributed by atoms with Gasteiger partial charge in [-0.1, -0.05) is 37.6 Å². The second-order valence-corrected chi connectivity index (χ2v) is 4.74. The van der Waals surface area contributed by atoms with Crippen LogP contribution in [0.4, 0.5) is 0 Å². The monoisotopic (exact) mass is 244 g/mol. The first-order chi connectivity index (χ1) is 8.65. The highest BCUT2D eigenvalue weighted by Gasteiger charge is 2.12. The van der Waals surface area contributed by atoms with Gasteiger partial charge in [-0.05, 0) is 25.8 Å². The lowest BCUT2D eigenvalue weighted by Gasteiger charge is -2.04. The second kappa shape index (κ2) is 5.25. The molecule has 0 radical (unpaired) electrons. The van der Waals surface area contributed by atoms with Gasteiger partial charge in [0.05, 0.1) is 5.69 Å². The molecule has 0 bridgehead atoms. The summed E-state index contributed by atoms with van der Waals surface area (Å²) in [4.78, 5) is 12.1. The van der Waals surface area contributed by atoms with Crippen LogP contribution in [0.5, 0.6) is 0 Å². The van der Waals surface area contributed by atoms with Crippen LogP contribution in [0.3, 0.4) is 0 Å². The van der Waals surface area contributed by atoms with Crippen LogP contribution in [0.15, 0.2) is 29.1 Å². The van der Waals surface area contributed by atoms with Crippen molar-refractivity contribution in [1.29, 1.82) is 0 Å². The van der Waals surface area contributed by atoms with E-state index in [4.69, 9.17) is 0 Å². The Hall–Kier alpha value is -1.77. The molecular formula is C15H20N2O. The summed E-state index contributed by atoms with van der Waals surface area (Å²) in [5.41, 5.74) is 4.16. The van der Waals surface area contributed by atoms with Gasteiger partial charge in [0.25, 0.3) is 5.56 Å². The Morgan fingerprint density at radius 1 is 1.22 bits per heavy atom. The highest BCUT2D eigenvalue weighted by atomic mass is 16.1. The number of aromatic amines is 1. The van der Waals surface area contributed by atoms with Crippen molar-refractivity contribution in [2.24, 2.45) is 0 Å². The first kappa shape index (κ1) is 12.7. The highest BCUT2D eigenvalue weighted by Crippen LogP contribution is 2.22. The molecule has 1 heterocycles. The quantitative estimate of drug-likeness (QED) is 0.880. The van der Waals surface area contributed by atoms with Gasteiger partial charge in [0.1, 0.15) is 0 Å². The molecule has 0 aliphatic heterocycles. The van der Waals surface area contributed by atoms with Crippen LogP contribution in [0.1, 0.15) is 30.9 Å². The van der Waals surface area contributed by atoms with Gasteiger partial charge in [-0.25, -0.2) is 0 Å². The first-order valence-electron chi connectivity index (χ1n) is 6.50. The Morgan fingerprint density at radius 3 is 2.61 bits per heavy atom. The van der Waals surface area contributed by atoms with E-state index in [1.807, 2.05) is 19.1 Å². The second-order valence-electron chi connectivity index (χ2n) is 4.74. The van der Waals surface area contributed by atoms with Crippen LogP contribution in [-0.4, -0.2) is 9.78 Å². The van der Waals surface area contributed by atoms with E-state index in [1.54, 1.807) is 4.68 Å². The zero-order valence-electron chi connectivity index (χ0n) is 11.3. The average molecular weight is 244 g/mol. The van der Waals surface area contributed by atoms with Crippen LogP contribution in [0, 0.1) is 13.8 Å². The van der Waals surface area contributed by atoms with E-state index < -0.39 is 0 Å². The van der Waals surface area contributed by atoms with Crippen molar-refractivity contribution in [2.45, 2.75) is 40.2 Å². The fraction of sp³-hybridized carbons (Fsp3) is 0.400. The molecule has 0 fully saturated rings. The molecule has 0 aliphatic rings. The maximum atomic E-state index is 12.1. The van der Waals surface area contributed by atoms with Crippen molar-refractivity contribution in [2.75, 3.05) is 0 Å². The zero-order chi connectivity index (χ0) is 13.1. The summed E-state index contributed by atoms with van der Waals surface area (Å²) in [7, 11) is 0. The van der Waals surface area contributed by atoms with E-state index in [0.717, 1.165) is 36.2 Å². The Bertz CT molecular complexity index is 593. The highest BCUT2D eigenvalue weighted by molar-refractivity contribution is 5.65. The molecular weight excluding hydrogens is 224 g/mol. The molecule has 0 unspecified atom stereocenters. The number of H-pyrrole nitrogens is 1. The smallest absolute Gasteiger partial charge is 0.270 e. The standard InChI is InChI=1S/C15H20N2O/c1-4-5-10-17-15(18)12(3)14(16-17)13-9-7-6-8-11(13)2/h6-9,16H,4-5,10H2,1-3H3. The van der Waals surface area contributed by atoms with Crippen molar-refractivity contribution in [3.05, 3.63) is 45.7 Å². The number of benzene rings is 1. The zero-order valence-corrected chi connectivity index (χ0v) is 11.3. The Morgan fingerprint density at radius 2 is 1.94 bits per heavy atom. The summed E-state index contributed by atoms with van der Waals surface area (Å²) in [5, 5.41) is 3.25. The number of nitrogens with zero attached hydrogens (tertiary/aromatic N) is 1. The third kappa shape index (κ3) is 2.26. The minimum atomic E-state index is 0.0988. The van der Waals surface area contributed by atoms with Gasteiger partial charge in [-0.2, -0.15) is 0 Å². The molecule has 18 heavy (non-hydrogen) atoms. The summed E-state index contributed by atoms with van der Waals surface area (Å²) in [6.07, 6.45) is 2.11. The first-order valence-corrected chi connectivity index (χ1v) is 6.50. The molecule has 3 nitrogen and oxygen atoms in total. The lowest BCUT2D eigenvalue weighted by atomic mass is 10.0. The molecule has 0 saturated heterocycles. The summed E-state index contributed by atoms with van der Waals surface area (Å²) >= 11 is 0.